The second kappa shape index (κ2) is 7.77. The molecule has 0 aliphatic heterocycles. The Kier molecular flexibility index (Phi) is 6.33. The van der Waals surface area contributed by atoms with Crippen LogP contribution in [0.15, 0.2) is 9.99 Å². The standard InChI is InChI=1S/C15H23NO3/c1-5-7-8-9-11(3)10-13-16-14(12(4)19-13)15(17)18-6-2/h10H,5-9H2,1-4H3/b11-10+. The summed E-state index contributed by atoms with van der Waals surface area (Å²) in [6, 6.07) is 0. The molecule has 106 valence electrons. The van der Waals surface area contributed by atoms with Crippen LogP contribution in [0.1, 0.15) is 68.6 Å². The van der Waals surface area contributed by atoms with Crippen molar-refractivity contribution in [1.82, 2.24) is 4.98 Å². The molecule has 0 saturated carbocycles. The van der Waals surface area contributed by atoms with Gasteiger partial charge in [-0.3, -0.25) is 0 Å². The van der Waals surface area contributed by atoms with Gasteiger partial charge in [-0.25, -0.2) is 9.78 Å². The number of ether oxygens (including phenoxy) is 1. The van der Waals surface area contributed by atoms with Crippen LogP contribution in [0.4, 0.5) is 0 Å². The van der Waals surface area contributed by atoms with Gasteiger partial charge in [0.1, 0.15) is 5.76 Å². The minimum Gasteiger partial charge on any atom is -0.461 e. The average molecular weight is 265 g/mol. The van der Waals surface area contributed by atoms with E-state index in [-0.39, 0.29) is 5.69 Å². The summed E-state index contributed by atoms with van der Waals surface area (Å²) in [6.07, 6.45) is 6.53. The number of allylic oxidation sites excluding steroid dienone is 1. The summed E-state index contributed by atoms with van der Waals surface area (Å²) in [6.45, 7) is 8.07. The Morgan fingerprint density at radius 3 is 2.74 bits per heavy atom. The third-order valence-electron chi connectivity index (χ3n) is 2.83. The maximum absolute atomic E-state index is 11.6. The number of carbonyl (C=O) groups is 1. The number of esters is 1. The molecule has 0 fully saturated rings. The number of unbranched alkanes of at least 4 members (excludes halogenated alkanes) is 2. The van der Waals surface area contributed by atoms with Crippen LogP contribution in [0.2, 0.25) is 0 Å². The number of rotatable bonds is 7. The van der Waals surface area contributed by atoms with Gasteiger partial charge in [-0.1, -0.05) is 25.3 Å². The lowest BCUT2D eigenvalue weighted by Crippen LogP contribution is -2.06. The third kappa shape index (κ3) is 4.89. The van der Waals surface area contributed by atoms with Crippen molar-refractivity contribution in [2.24, 2.45) is 0 Å². The Labute approximate surface area is 114 Å². The molecule has 0 saturated heterocycles. The molecule has 1 rings (SSSR count). The minimum absolute atomic E-state index is 0.273. The van der Waals surface area contributed by atoms with Crippen LogP contribution in [0.5, 0.6) is 0 Å². The van der Waals surface area contributed by atoms with Crippen molar-refractivity contribution in [3.63, 3.8) is 0 Å². The zero-order chi connectivity index (χ0) is 14.3. The molecule has 0 N–H and O–H groups in total. The Morgan fingerprint density at radius 1 is 1.37 bits per heavy atom. The van der Waals surface area contributed by atoms with Crippen molar-refractivity contribution in [1.29, 1.82) is 0 Å². The summed E-state index contributed by atoms with van der Waals surface area (Å²) in [4.78, 5) is 15.8. The fraction of sp³-hybridized carbons (Fsp3) is 0.600. The lowest BCUT2D eigenvalue weighted by atomic mass is 10.1. The van der Waals surface area contributed by atoms with Gasteiger partial charge in [-0.05, 0) is 39.7 Å². The highest BCUT2D eigenvalue weighted by Crippen LogP contribution is 2.16. The minimum atomic E-state index is -0.424. The van der Waals surface area contributed by atoms with Crippen molar-refractivity contribution in [2.75, 3.05) is 6.61 Å². The molecule has 4 heteroatoms. The highest BCUT2D eigenvalue weighted by molar-refractivity contribution is 5.88. The SMILES string of the molecule is CCCCC/C(C)=C/c1nc(C(=O)OCC)c(C)o1. The van der Waals surface area contributed by atoms with Crippen molar-refractivity contribution in [2.45, 2.75) is 53.4 Å². The highest BCUT2D eigenvalue weighted by Gasteiger charge is 2.17. The van der Waals surface area contributed by atoms with E-state index < -0.39 is 5.97 Å². The Balaban J connectivity index is 2.72. The number of hydrogen-bond donors (Lipinski definition) is 0. The molecule has 1 heterocycles. The number of hydrogen-bond acceptors (Lipinski definition) is 4. The van der Waals surface area contributed by atoms with Gasteiger partial charge < -0.3 is 9.15 Å². The average Bonchev–Trinajstić information content (AvgIpc) is 2.71. The van der Waals surface area contributed by atoms with Crippen LogP contribution in [-0.2, 0) is 4.74 Å². The summed E-state index contributed by atoms with van der Waals surface area (Å²) >= 11 is 0. The molecule has 0 amide bonds. The van der Waals surface area contributed by atoms with E-state index in [1.165, 1.54) is 24.8 Å². The molecule has 0 atom stereocenters. The lowest BCUT2D eigenvalue weighted by Gasteiger charge is -1.98. The van der Waals surface area contributed by atoms with Gasteiger partial charge in [-0.15, -0.1) is 0 Å². The van der Waals surface area contributed by atoms with Gasteiger partial charge in [-0.2, -0.15) is 0 Å². The van der Waals surface area contributed by atoms with Gasteiger partial charge >= 0.3 is 5.97 Å². The first-order chi connectivity index (χ1) is 9.08. The van der Waals surface area contributed by atoms with Crippen LogP contribution in [-0.4, -0.2) is 17.6 Å². The quantitative estimate of drug-likeness (QED) is 0.549. The summed E-state index contributed by atoms with van der Waals surface area (Å²) in [5.41, 5.74) is 1.49. The maximum atomic E-state index is 11.6. The largest absolute Gasteiger partial charge is 0.461 e. The number of aromatic nitrogens is 1. The molecule has 0 radical (unpaired) electrons. The van der Waals surface area contributed by atoms with E-state index in [9.17, 15) is 4.79 Å². The Hall–Kier alpha value is -1.58. The molecule has 0 bridgehead atoms. The van der Waals surface area contributed by atoms with E-state index in [0.29, 0.717) is 18.3 Å². The predicted molar refractivity (Wildman–Crippen MR) is 75.0 cm³/mol. The Bertz CT molecular complexity index is 446. The van der Waals surface area contributed by atoms with E-state index in [0.717, 1.165) is 6.42 Å². The first kappa shape index (κ1) is 15.5. The summed E-state index contributed by atoms with van der Waals surface area (Å²) < 4.78 is 10.4. The molecule has 0 aliphatic carbocycles. The van der Waals surface area contributed by atoms with Crippen molar-refractivity contribution in [3.8, 4) is 0 Å². The molecular weight excluding hydrogens is 242 g/mol. The molecule has 4 nitrogen and oxygen atoms in total. The number of aryl methyl sites for hydroxylation is 1. The van der Waals surface area contributed by atoms with E-state index in [1.807, 2.05) is 6.08 Å². The molecule has 1 aromatic rings. The maximum Gasteiger partial charge on any atom is 0.360 e. The van der Waals surface area contributed by atoms with Gasteiger partial charge in [0.05, 0.1) is 6.61 Å². The number of nitrogens with zero attached hydrogens (tertiary/aromatic N) is 1. The fourth-order valence-corrected chi connectivity index (χ4v) is 1.80. The van der Waals surface area contributed by atoms with E-state index in [2.05, 4.69) is 18.8 Å². The molecule has 0 aromatic carbocycles. The van der Waals surface area contributed by atoms with Gasteiger partial charge in [0.25, 0.3) is 0 Å². The second-order valence-corrected chi connectivity index (χ2v) is 4.63. The molecule has 19 heavy (non-hydrogen) atoms. The monoisotopic (exact) mass is 265 g/mol. The molecule has 0 aliphatic rings. The van der Waals surface area contributed by atoms with E-state index in [1.54, 1.807) is 13.8 Å². The third-order valence-corrected chi connectivity index (χ3v) is 2.83. The molecular formula is C15H23NO3. The molecule has 1 aromatic heterocycles. The van der Waals surface area contributed by atoms with Crippen molar-refractivity contribution >= 4 is 12.0 Å². The van der Waals surface area contributed by atoms with Gasteiger partial charge in [0, 0.05) is 0 Å². The zero-order valence-electron chi connectivity index (χ0n) is 12.3. The second-order valence-electron chi connectivity index (χ2n) is 4.63. The first-order valence-electron chi connectivity index (χ1n) is 6.90. The smallest absolute Gasteiger partial charge is 0.360 e. The summed E-state index contributed by atoms with van der Waals surface area (Å²) in [7, 11) is 0. The summed E-state index contributed by atoms with van der Waals surface area (Å²) in [5, 5.41) is 0. The van der Waals surface area contributed by atoms with Crippen LogP contribution in [0.25, 0.3) is 6.08 Å². The molecule has 0 spiro atoms. The van der Waals surface area contributed by atoms with Crippen LogP contribution in [0.3, 0.4) is 0 Å². The van der Waals surface area contributed by atoms with Crippen molar-refractivity contribution in [3.05, 3.63) is 22.9 Å². The topological polar surface area (TPSA) is 52.3 Å². The number of carbonyl (C=O) groups excluding carboxylic acids is 1. The normalized spacial score (nSPS) is 11.7. The van der Waals surface area contributed by atoms with E-state index >= 15 is 0 Å². The lowest BCUT2D eigenvalue weighted by molar-refractivity contribution is 0.0518. The van der Waals surface area contributed by atoms with Gasteiger partial charge in [0.2, 0.25) is 5.89 Å². The van der Waals surface area contributed by atoms with Gasteiger partial charge in [0.15, 0.2) is 5.69 Å². The van der Waals surface area contributed by atoms with Crippen LogP contribution in [0, 0.1) is 6.92 Å². The molecule has 0 unspecified atom stereocenters. The van der Waals surface area contributed by atoms with E-state index in [4.69, 9.17) is 9.15 Å². The Morgan fingerprint density at radius 2 is 2.11 bits per heavy atom. The van der Waals surface area contributed by atoms with Crippen LogP contribution < -0.4 is 0 Å². The fourth-order valence-electron chi connectivity index (χ4n) is 1.80. The van der Waals surface area contributed by atoms with Crippen LogP contribution >= 0.6 is 0 Å². The predicted octanol–water partition coefficient (Wildman–Crippen LogP) is 4.14. The number of oxazole rings is 1. The highest BCUT2D eigenvalue weighted by atomic mass is 16.5. The zero-order valence-corrected chi connectivity index (χ0v) is 12.3. The first-order valence-corrected chi connectivity index (χ1v) is 6.90. The summed E-state index contributed by atoms with van der Waals surface area (Å²) in [5.74, 6) is 0.563. The van der Waals surface area contributed by atoms with Crippen molar-refractivity contribution < 1.29 is 13.9 Å².